The van der Waals surface area contributed by atoms with Crippen LogP contribution in [0.4, 0.5) is 0 Å². The number of benzene rings is 3. The maximum atomic E-state index is 6.43. The van der Waals surface area contributed by atoms with Gasteiger partial charge in [-0.15, -0.1) is 0 Å². The summed E-state index contributed by atoms with van der Waals surface area (Å²) in [6.45, 7) is 0. The SMILES string of the molecule is COc1ccccc1[C@@H]1Oc2ccc(Br)cc2[C@@H]2CC(c3ccccc3)=NN21. The molecule has 5 rings (SSSR count). The van der Waals surface area contributed by atoms with E-state index in [4.69, 9.17) is 14.6 Å². The van der Waals surface area contributed by atoms with Crippen molar-refractivity contribution >= 4 is 21.6 Å². The second-order valence-electron chi connectivity index (χ2n) is 6.91. The normalized spacial score (nSPS) is 20.1. The average Bonchev–Trinajstić information content (AvgIpc) is 3.20. The van der Waals surface area contributed by atoms with Crippen LogP contribution in [0.3, 0.4) is 0 Å². The molecule has 2 aliphatic rings. The Labute approximate surface area is 172 Å². The fourth-order valence-electron chi connectivity index (χ4n) is 3.94. The smallest absolute Gasteiger partial charge is 0.217 e. The Morgan fingerprint density at radius 3 is 2.61 bits per heavy atom. The third kappa shape index (κ3) is 2.87. The lowest BCUT2D eigenvalue weighted by atomic mass is 9.96. The molecule has 2 aliphatic heterocycles. The van der Waals surface area contributed by atoms with Crippen LogP contribution in [0.5, 0.6) is 11.5 Å². The number of hydrogen-bond donors (Lipinski definition) is 0. The highest BCUT2D eigenvalue weighted by Crippen LogP contribution is 2.49. The zero-order valence-electron chi connectivity index (χ0n) is 15.4. The van der Waals surface area contributed by atoms with Gasteiger partial charge in [0.1, 0.15) is 11.5 Å². The minimum absolute atomic E-state index is 0.117. The predicted molar refractivity (Wildman–Crippen MR) is 113 cm³/mol. The van der Waals surface area contributed by atoms with Crippen molar-refractivity contribution in [3.63, 3.8) is 0 Å². The number of hydrogen-bond acceptors (Lipinski definition) is 4. The van der Waals surface area contributed by atoms with Gasteiger partial charge in [-0.3, -0.25) is 0 Å². The molecule has 0 saturated carbocycles. The van der Waals surface area contributed by atoms with Crippen LogP contribution < -0.4 is 9.47 Å². The molecule has 2 heterocycles. The number of methoxy groups -OCH3 is 1. The van der Waals surface area contributed by atoms with Gasteiger partial charge in [-0.25, -0.2) is 5.01 Å². The highest BCUT2D eigenvalue weighted by molar-refractivity contribution is 9.10. The summed E-state index contributed by atoms with van der Waals surface area (Å²) in [5, 5.41) is 7.07. The van der Waals surface area contributed by atoms with E-state index >= 15 is 0 Å². The third-order valence-electron chi connectivity index (χ3n) is 5.26. The molecule has 0 aliphatic carbocycles. The lowest BCUT2D eigenvalue weighted by Gasteiger charge is -2.38. The Hall–Kier alpha value is -2.79. The summed E-state index contributed by atoms with van der Waals surface area (Å²) in [7, 11) is 1.69. The molecule has 0 unspecified atom stereocenters. The van der Waals surface area contributed by atoms with Gasteiger partial charge in [-0.2, -0.15) is 5.10 Å². The molecule has 4 nitrogen and oxygen atoms in total. The number of nitrogens with zero attached hydrogens (tertiary/aromatic N) is 2. The summed E-state index contributed by atoms with van der Waals surface area (Å²) in [5.74, 6) is 1.69. The fraction of sp³-hybridized carbons (Fsp3) is 0.174. The summed E-state index contributed by atoms with van der Waals surface area (Å²) in [5.41, 5.74) is 4.34. The number of para-hydroxylation sites is 1. The van der Waals surface area contributed by atoms with E-state index < -0.39 is 0 Å². The standard InChI is InChI=1S/C23H19BrN2O2/c1-27-21-10-6-5-9-17(21)23-26-20(18-13-16(24)11-12-22(18)28-23)14-19(25-26)15-7-3-2-4-8-15/h2-13,20,23H,14H2,1H3/t20-,23-/m0/s1. The molecule has 0 fully saturated rings. The molecule has 0 aromatic heterocycles. The van der Waals surface area contributed by atoms with E-state index in [0.29, 0.717) is 0 Å². The van der Waals surface area contributed by atoms with Crippen molar-refractivity contribution in [2.45, 2.75) is 18.7 Å². The largest absolute Gasteiger partial charge is 0.496 e. The maximum Gasteiger partial charge on any atom is 0.217 e. The van der Waals surface area contributed by atoms with Crippen molar-refractivity contribution < 1.29 is 9.47 Å². The summed E-state index contributed by atoms with van der Waals surface area (Å²) in [6, 6.07) is 24.6. The van der Waals surface area contributed by atoms with Gasteiger partial charge in [0.05, 0.1) is 24.4 Å². The van der Waals surface area contributed by atoms with Gasteiger partial charge in [0.2, 0.25) is 6.23 Å². The lowest BCUT2D eigenvalue weighted by Crippen LogP contribution is -2.34. The van der Waals surface area contributed by atoms with Crippen molar-refractivity contribution in [3.8, 4) is 11.5 Å². The van der Waals surface area contributed by atoms with Gasteiger partial charge < -0.3 is 9.47 Å². The molecule has 0 spiro atoms. The van der Waals surface area contributed by atoms with Gasteiger partial charge in [0.15, 0.2) is 0 Å². The minimum atomic E-state index is -0.337. The van der Waals surface area contributed by atoms with Crippen LogP contribution in [0.15, 0.2) is 82.4 Å². The number of ether oxygens (including phenoxy) is 2. The monoisotopic (exact) mass is 434 g/mol. The first-order chi connectivity index (χ1) is 13.7. The fourth-order valence-corrected chi connectivity index (χ4v) is 4.32. The molecule has 0 radical (unpaired) electrons. The van der Waals surface area contributed by atoms with Crippen molar-refractivity contribution in [3.05, 3.63) is 94.0 Å². The van der Waals surface area contributed by atoms with Gasteiger partial charge in [-0.1, -0.05) is 58.4 Å². The molecule has 0 N–H and O–H groups in total. The molecule has 0 amide bonds. The van der Waals surface area contributed by atoms with Crippen LogP contribution in [0, 0.1) is 0 Å². The first-order valence-corrected chi connectivity index (χ1v) is 10.0. The van der Waals surface area contributed by atoms with E-state index in [-0.39, 0.29) is 12.3 Å². The van der Waals surface area contributed by atoms with Gasteiger partial charge >= 0.3 is 0 Å². The Bertz CT molecular complexity index is 1050. The van der Waals surface area contributed by atoms with Crippen LogP contribution in [0.1, 0.15) is 35.4 Å². The van der Waals surface area contributed by atoms with E-state index in [2.05, 4.69) is 39.1 Å². The molecule has 0 saturated heterocycles. The van der Waals surface area contributed by atoms with E-state index in [1.165, 1.54) is 0 Å². The molecule has 28 heavy (non-hydrogen) atoms. The maximum absolute atomic E-state index is 6.43. The Morgan fingerprint density at radius 2 is 1.79 bits per heavy atom. The number of halogens is 1. The summed E-state index contributed by atoms with van der Waals surface area (Å²) < 4.78 is 13.1. The number of hydrazone groups is 1. The second-order valence-corrected chi connectivity index (χ2v) is 7.82. The van der Waals surface area contributed by atoms with E-state index in [9.17, 15) is 0 Å². The van der Waals surface area contributed by atoms with Gasteiger partial charge in [-0.05, 0) is 35.9 Å². The third-order valence-corrected chi connectivity index (χ3v) is 5.76. The van der Waals surface area contributed by atoms with Crippen molar-refractivity contribution in [2.75, 3.05) is 7.11 Å². The molecule has 3 aromatic rings. The van der Waals surface area contributed by atoms with Crippen molar-refractivity contribution in [1.29, 1.82) is 0 Å². The second kappa shape index (κ2) is 6.99. The van der Waals surface area contributed by atoms with Gasteiger partial charge in [0.25, 0.3) is 0 Å². The summed E-state index contributed by atoms with van der Waals surface area (Å²) in [6.07, 6.45) is 0.499. The lowest BCUT2D eigenvalue weighted by molar-refractivity contribution is -0.0203. The minimum Gasteiger partial charge on any atom is -0.496 e. The van der Waals surface area contributed by atoms with E-state index in [1.54, 1.807) is 7.11 Å². The van der Waals surface area contributed by atoms with Crippen LogP contribution >= 0.6 is 15.9 Å². The highest BCUT2D eigenvalue weighted by atomic mass is 79.9. The summed E-state index contributed by atoms with van der Waals surface area (Å²) in [4.78, 5) is 0. The Morgan fingerprint density at radius 1 is 1.00 bits per heavy atom. The molecule has 2 atom stereocenters. The first-order valence-electron chi connectivity index (χ1n) is 9.25. The predicted octanol–water partition coefficient (Wildman–Crippen LogP) is 5.70. The zero-order chi connectivity index (χ0) is 19.1. The van der Waals surface area contributed by atoms with Crippen LogP contribution in [0.2, 0.25) is 0 Å². The molecule has 5 heteroatoms. The highest BCUT2D eigenvalue weighted by Gasteiger charge is 2.41. The quantitative estimate of drug-likeness (QED) is 0.529. The van der Waals surface area contributed by atoms with Crippen molar-refractivity contribution in [1.82, 2.24) is 5.01 Å². The number of fused-ring (bicyclic) bond motifs is 3. The molecular weight excluding hydrogens is 416 g/mol. The number of rotatable bonds is 3. The molecule has 0 bridgehead atoms. The molecule has 3 aromatic carbocycles. The summed E-state index contributed by atoms with van der Waals surface area (Å²) >= 11 is 3.60. The van der Waals surface area contributed by atoms with Crippen LogP contribution in [-0.4, -0.2) is 17.8 Å². The Kier molecular flexibility index (Phi) is 4.32. The van der Waals surface area contributed by atoms with E-state index in [1.807, 2.05) is 54.6 Å². The Balaban J connectivity index is 1.64. The average molecular weight is 435 g/mol. The topological polar surface area (TPSA) is 34.1 Å². The van der Waals surface area contributed by atoms with E-state index in [0.717, 1.165) is 44.8 Å². The van der Waals surface area contributed by atoms with Crippen LogP contribution in [0.25, 0.3) is 0 Å². The van der Waals surface area contributed by atoms with Crippen molar-refractivity contribution in [2.24, 2.45) is 5.10 Å². The van der Waals surface area contributed by atoms with Gasteiger partial charge in [0, 0.05) is 16.5 Å². The zero-order valence-corrected chi connectivity index (χ0v) is 17.0. The first kappa shape index (κ1) is 17.3. The van der Waals surface area contributed by atoms with Crippen LogP contribution in [-0.2, 0) is 0 Å². The molecule has 140 valence electrons. The molecular formula is C23H19BrN2O2.